The van der Waals surface area contributed by atoms with Gasteiger partial charge < -0.3 is 13.7 Å². The average Bonchev–Trinajstić information content (AvgIpc) is 3.75. The number of para-hydroxylation sites is 2. The van der Waals surface area contributed by atoms with Crippen molar-refractivity contribution in [2.45, 2.75) is 0 Å². The number of fused-ring (bicyclic) bond motifs is 11. The van der Waals surface area contributed by atoms with E-state index in [-0.39, 0.29) is 0 Å². The maximum atomic E-state index is 6.36. The molecule has 0 aliphatic rings. The summed E-state index contributed by atoms with van der Waals surface area (Å²) in [5.74, 6) is 0. The summed E-state index contributed by atoms with van der Waals surface area (Å²) >= 11 is 0. The quantitative estimate of drug-likeness (QED) is 0.177. The van der Waals surface area contributed by atoms with Crippen LogP contribution in [0.15, 0.2) is 185 Å². The number of anilines is 3. The van der Waals surface area contributed by atoms with E-state index < -0.39 is 0 Å². The minimum atomic E-state index is 0.862. The molecule has 11 aromatic rings. The van der Waals surface area contributed by atoms with E-state index in [2.05, 4.69) is 157 Å². The van der Waals surface area contributed by atoms with Gasteiger partial charge in [-0.05, 0) is 98.0 Å². The van der Waals surface area contributed by atoms with Crippen LogP contribution >= 0.6 is 0 Å². The van der Waals surface area contributed by atoms with E-state index in [0.29, 0.717) is 0 Å². The fourth-order valence-corrected chi connectivity index (χ4v) is 8.05. The first-order valence-electron chi connectivity index (χ1n) is 17.3. The number of furan rings is 2. The van der Waals surface area contributed by atoms with Gasteiger partial charge in [-0.2, -0.15) is 0 Å². The molecule has 0 spiro atoms. The molecule has 0 saturated carbocycles. The summed E-state index contributed by atoms with van der Waals surface area (Å²) in [5, 5.41) is 12.0. The molecule has 238 valence electrons. The lowest BCUT2D eigenvalue weighted by Crippen LogP contribution is -2.09. The summed E-state index contributed by atoms with van der Waals surface area (Å²) in [5.41, 5.74) is 9.03. The minimum absolute atomic E-state index is 0.862. The van der Waals surface area contributed by atoms with Crippen molar-refractivity contribution in [3.8, 4) is 11.1 Å². The Morgan fingerprint density at radius 2 is 0.824 bits per heavy atom. The van der Waals surface area contributed by atoms with Crippen LogP contribution in [0.25, 0.3) is 87.3 Å². The van der Waals surface area contributed by atoms with Gasteiger partial charge in [0.05, 0.1) is 0 Å². The van der Waals surface area contributed by atoms with Crippen molar-refractivity contribution in [3.05, 3.63) is 176 Å². The Labute approximate surface area is 293 Å². The van der Waals surface area contributed by atoms with Crippen LogP contribution < -0.4 is 4.90 Å². The molecule has 11 rings (SSSR count). The third-order valence-electron chi connectivity index (χ3n) is 10.5. The molecule has 9 aromatic carbocycles. The summed E-state index contributed by atoms with van der Waals surface area (Å²) in [6.07, 6.45) is 0. The maximum absolute atomic E-state index is 6.36. The predicted octanol–water partition coefficient (Wildman–Crippen LogP) is 14.1. The van der Waals surface area contributed by atoms with Crippen LogP contribution in [0, 0.1) is 0 Å². The number of nitrogens with zero attached hydrogens (tertiary/aromatic N) is 1. The van der Waals surface area contributed by atoms with Crippen molar-refractivity contribution in [1.82, 2.24) is 0 Å². The van der Waals surface area contributed by atoms with E-state index in [0.717, 1.165) is 60.9 Å². The Balaban J connectivity index is 1.07. The predicted molar refractivity (Wildman–Crippen MR) is 214 cm³/mol. The molecule has 2 aromatic heterocycles. The first-order chi connectivity index (χ1) is 25.3. The van der Waals surface area contributed by atoms with Crippen molar-refractivity contribution >= 4 is 93.3 Å². The number of hydrogen-bond donors (Lipinski definition) is 0. The van der Waals surface area contributed by atoms with E-state index in [9.17, 15) is 0 Å². The fraction of sp³-hybridized carbons (Fsp3) is 0. The van der Waals surface area contributed by atoms with E-state index >= 15 is 0 Å². The van der Waals surface area contributed by atoms with Gasteiger partial charge in [0.15, 0.2) is 0 Å². The monoisotopic (exact) mass is 651 g/mol. The van der Waals surface area contributed by atoms with Crippen molar-refractivity contribution in [1.29, 1.82) is 0 Å². The number of hydrogen-bond acceptors (Lipinski definition) is 3. The van der Waals surface area contributed by atoms with Gasteiger partial charge >= 0.3 is 0 Å². The Kier molecular flexibility index (Phi) is 5.96. The van der Waals surface area contributed by atoms with Crippen LogP contribution in [0.4, 0.5) is 17.1 Å². The van der Waals surface area contributed by atoms with Gasteiger partial charge in [0.25, 0.3) is 0 Å². The molecule has 3 heteroatoms. The first-order valence-corrected chi connectivity index (χ1v) is 17.3. The highest BCUT2D eigenvalue weighted by Crippen LogP contribution is 2.42. The molecule has 0 N–H and O–H groups in total. The van der Waals surface area contributed by atoms with Gasteiger partial charge in [-0.25, -0.2) is 0 Å². The van der Waals surface area contributed by atoms with E-state index in [1.807, 2.05) is 24.3 Å². The second-order valence-corrected chi connectivity index (χ2v) is 13.3. The van der Waals surface area contributed by atoms with Gasteiger partial charge in [0.2, 0.25) is 0 Å². The van der Waals surface area contributed by atoms with Crippen molar-refractivity contribution < 1.29 is 8.83 Å². The van der Waals surface area contributed by atoms with Crippen molar-refractivity contribution in [2.24, 2.45) is 0 Å². The third-order valence-corrected chi connectivity index (χ3v) is 10.5. The molecule has 3 nitrogen and oxygen atoms in total. The average molecular weight is 652 g/mol. The van der Waals surface area contributed by atoms with Gasteiger partial charge in [-0.3, -0.25) is 0 Å². The Morgan fingerprint density at radius 3 is 1.67 bits per heavy atom. The normalized spacial score (nSPS) is 11.9. The van der Waals surface area contributed by atoms with Gasteiger partial charge in [-0.1, -0.05) is 115 Å². The summed E-state index contributed by atoms with van der Waals surface area (Å²) < 4.78 is 12.6. The van der Waals surface area contributed by atoms with Crippen LogP contribution in [0.2, 0.25) is 0 Å². The number of benzene rings is 9. The molecule has 0 amide bonds. The van der Waals surface area contributed by atoms with Crippen LogP contribution in [0.1, 0.15) is 0 Å². The molecule has 0 bridgehead atoms. The lowest BCUT2D eigenvalue weighted by molar-refractivity contribution is 0.668. The van der Waals surface area contributed by atoms with E-state index in [4.69, 9.17) is 8.83 Å². The van der Waals surface area contributed by atoms with Crippen LogP contribution in [-0.2, 0) is 0 Å². The van der Waals surface area contributed by atoms with Crippen molar-refractivity contribution in [2.75, 3.05) is 4.90 Å². The topological polar surface area (TPSA) is 29.5 Å². The zero-order valence-electron chi connectivity index (χ0n) is 27.5. The van der Waals surface area contributed by atoms with Crippen LogP contribution in [-0.4, -0.2) is 0 Å². The molecule has 2 heterocycles. The fourth-order valence-electron chi connectivity index (χ4n) is 8.05. The molecule has 0 atom stereocenters. The Morgan fingerprint density at radius 1 is 0.294 bits per heavy atom. The smallest absolute Gasteiger partial charge is 0.137 e. The van der Waals surface area contributed by atoms with Gasteiger partial charge in [-0.15, -0.1) is 0 Å². The molecular weight excluding hydrogens is 623 g/mol. The first kappa shape index (κ1) is 28.0. The van der Waals surface area contributed by atoms with E-state index in [1.54, 1.807) is 0 Å². The second-order valence-electron chi connectivity index (χ2n) is 13.3. The number of rotatable bonds is 4. The molecule has 0 unspecified atom stereocenters. The third kappa shape index (κ3) is 4.32. The standard InChI is InChI=1S/C48H29NO2/c1-2-9-35-30(8-1)18-23-40-37-13-7-12-36(38(37)25-26-39(35)40)31-16-19-32(20-17-31)49(33-22-27-47-44(28-33)42-11-4-6-15-46(42)50-47)34-21-24-43-41-10-3-5-14-45(41)51-48(43)29-34/h1-29H. The summed E-state index contributed by atoms with van der Waals surface area (Å²) in [6, 6.07) is 62.7. The largest absolute Gasteiger partial charge is 0.456 e. The van der Waals surface area contributed by atoms with Crippen LogP contribution in [0.5, 0.6) is 0 Å². The second kappa shape index (κ2) is 10.8. The Bertz CT molecular complexity index is 3150. The molecule has 0 aliphatic carbocycles. The lowest BCUT2D eigenvalue weighted by Gasteiger charge is -2.26. The molecule has 0 fully saturated rings. The minimum Gasteiger partial charge on any atom is -0.456 e. The van der Waals surface area contributed by atoms with Gasteiger partial charge in [0.1, 0.15) is 22.3 Å². The van der Waals surface area contributed by atoms with Gasteiger partial charge in [0, 0.05) is 44.7 Å². The SMILES string of the molecule is c1ccc2c(c1)ccc1c3cccc(-c4ccc(N(c5ccc6c(c5)oc5ccccc56)c5ccc6oc7ccccc7c6c5)cc4)c3ccc21. The lowest BCUT2D eigenvalue weighted by atomic mass is 9.92. The highest BCUT2D eigenvalue weighted by Gasteiger charge is 2.18. The summed E-state index contributed by atoms with van der Waals surface area (Å²) in [4.78, 5) is 2.30. The van der Waals surface area contributed by atoms with E-state index in [1.165, 1.54) is 43.4 Å². The highest BCUT2D eigenvalue weighted by atomic mass is 16.3. The molecule has 0 aliphatic heterocycles. The molecular formula is C48H29NO2. The van der Waals surface area contributed by atoms with Crippen LogP contribution in [0.3, 0.4) is 0 Å². The summed E-state index contributed by atoms with van der Waals surface area (Å²) in [7, 11) is 0. The zero-order valence-corrected chi connectivity index (χ0v) is 27.5. The molecule has 0 radical (unpaired) electrons. The molecule has 0 saturated heterocycles. The summed E-state index contributed by atoms with van der Waals surface area (Å²) in [6.45, 7) is 0. The highest BCUT2D eigenvalue weighted by molar-refractivity contribution is 6.19. The molecule has 51 heavy (non-hydrogen) atoms. The maximum Gasteiger partial charge on any atom is 0.137 e. The van der Waals surface area contributed by atoms with Crippen molar-refractivity contribution in [3.63, 3.8) is 0 Å². The Hall–Kier alpha value is -6.84. The zero-order chi connectivity index (χ0) is 33.5.